The number of hydrogen-bond acceptors (Lipinski definition) is 8. The Morgan fingerprint density at radius 2 is 1.81 bits per heavy atom. The summed E-state index contributed by atoms with van der Waals surface area (Å²) in [5.74, 6) is 0.501. The molecule has 0 unspecified atom stereocenters. The number of thioether (sulfide) groups is 1. The summed E-state index contributed by atoms with van der Waals surface area (Å²) in [5, 5.41) is 29.0. The van der Waals surface area contributed by atoms with Crippen molar-refractivity contribution in [1.29, 1.82) is 0 Å². The van der Waals surface area contributed by atoms with Crippen LogP contribution in [0.3, 0.4) is 0 Å². The number of para-hydroxylation sites is 1. The van der Waals surface area contributed by atoms with Gasteiger partial charge in [-0.2, -0.15) is 0 Å². The Hall–Kier alpha value is -2.62. The van der Waals surface area contributed by atoms with Gasteiger partial charge in [0.05, 0.1) is 0 Å². The lowest BCUT2D eigenvalue weighted by Crippen LogP contribution is -2.17. The maximum atomic E-state index is 11.2. The first-order valence-corrected chi connectivity index (χ1v) is 9.77. The number of aliphatic hydroxyl groups excluding tert-OH is 1. The van der Waals surface area contributed by atoms with E-state index in [0.717, 1.165) is 23.2 Å². The zero-order valence-corrected chi connectivity index (χ0v) is 15.7. The molecule has 1 atom stereocenters. The molecule has 0 radical (unpaired) electrons. The highest BCUT2D eigenvalue weighted by Crippen LogP contribution is 2.32. The summed E-state index contributed by atoms with van der Waals surface area (Å²) in [5.41, 5.74) is 0.813. The molecule has 0 aliphatic rings. The van der Waals surface area contributed by atoms with Crippen LogP contribution in [0.2, 0.25) is 0 Å². The van der Waals surface area contributed by atoms with Gasteiger partial charge in [0, 0.05) is 12.3 Å². The normalized spacial score (nSPS) is 11.7. The third-order valence-electron chi connectivity index (χ3n) is 3.40. The van der Waals surface area contributed by atoms with E-state index < -0.39 is 11.2 Å². The van der Waals surface area contributed by atoms with Crippen LogP contribution in [-0.4, -0.2) is 38.2 Å². The first-order chi connectivity index (χ1) is 13.1. The number of carboxylic acids is 1. The first-order valence-electron chi connectivity index (χ1n) is 8.08. The molecule has 7 nitrogen and oxygen atoms in total. The highest BCUT2D eigenvalue weighted by Gasteiger charge is 2.20. The topological polar surface area (TPSA) is 105 Å². The number of nitrogens with zero attached hydrogens (tertiary/aromatic N) is 2. The molecule has 9 heteroatoms. The van der Waals surface area contributed by atoms with E-state index in [1.807, 2.05) is 54.6 Å². The Balaban J connectivity index is 1.59. The summed E-state index contributed by atoms with van der Waals surface area (Å²) in [6.07, 6.45) is 0.158. The quantitative estimate of drug-likeness (QED) is 0.461. The summed E-state index contributed by atoms with van der Waals surface area (Å²) >= 11 is 2.34. The maximum Gasteiger partial charge on any atom is 0.317 e. The molecule has 0 saturated carbocycles. The number of aliphatic carboxylic acids is 1. The first kappa shape index (κ1) is 19.2. The molecule has 0 bridgehead atoms. The monoisotopic (exact) mass is 403 g/mol. The highest BCUT2D eigenvalue weighted by atomic mass is 32.2. The lowest BCUT2D eigenvalue weighted by atomic mass is 10.3. The van der Waals surface area contributed by atoms with Gasteiger partial charge in [0.15, 0.2) is 4.34 Å². The van der Waals surface area contributed by atoms with E-state index in [1.165, 1.54) is 11.3 Å². The number of rotatable bonds is 9. The minimum atomic E-state index is -0.979. The number of aromatic nitrogens is 2. The number of carbonyl (C=O) groups is 1. The van der Waals surface area contributed by atoms with Crippen LogP contribution in [0.25, 0.3) is 0 Å². The van der Waals surface area contributed by atoms with Crippen LogP contribution >= 0.6 is 23.1 Å². The lowest BCUT2D eigenvalue weighted by Gasteiger charge is -2.07. The fraction of sp³-hybridized carbons (Fsp3) is 0.167. The van der Waals surface area contributed by atoms with Crippen molar-refractivity contribution in [3.8, 4) is 11.5 Å². The number of benzene rings is 2. The summed E-state index contributed by atoms with van der Waals surface area (Å²) in [6.45, 7) is -0.189. The van der Waals surface area contributed by atoms with Crippen molar-refractivity contribution < 1.29 is 19.7 Å². The van der Waals surface area contributed by atoms with Gasteiger partial charge in [-0.25, -0.2) is 0 Å². The summed E-state index contributed by atoms with van der Waals surface area (Å²) in [7, 11) is 0. The third-order valence-corrected chi connectivity index (χ3v) is 5.58. The van der Waals surface area contributed by atoms with Crippen molar-refractivity contribution in [2.75, 3.05) is 11.9 Å². The van der Waals surface area contributed by atoms with E-state index >= 15 is 0 Å². The van der Waals surface area contributed by atoms with Gasteiger partial charge in [0.25, 0.3) is 0 Å². The van der Waals surface area contributed by atoms with Crippen LogP contribution < -0.4 is 10.1 Å². The fourth-order valence-electron chi connectivity index (χ4n) is 2.13. The zero-order chi connectivity index (χ0) is 19.1. The molecule has 140 valence electrons. The second-order valence-corrected chi connectivity index (χ2v) is 7.82. The van der Waals surface area contributed by atoms with Crippen molar-refractivity contribution in [2.24, 2.45) is 0 Å². The van der Waals surface area contributed by atoms with Gasteiger partial charge in [-0.05, 0) is 42.8 Å². The molecule has 3 aromatic rings. The molecule has 0 aliphatic carbocycles. The molecular formula is C18H17N3O4S2. The fourth-order valence-corrected chi connectivity index (χ4v) is 4.06. The number of anilines is 2. The number of carboxylic acid groups (broad SMARTS) is 1. The van der Waals surface area contributed by atoms with Crippen LogP contribution in [0.1, 0.15) is 6.42 Å². The Labute approximate surface area is 164 Å². The maximum absolute atomic E-state index is 11.2. The van der Waals surface area contributed by atoms with Crippen LogP contribution in [0.5, 0.6) is 11.5 Å². The van der Waals surface area contributed by atoms with Crippen molar-refractivity contribution in [2.45, 2.75) is 16.0 Å². The Morgan fingerprint density at radius 1 is 1.11 bits per heavy atom. The van der Waals surface area contributed by atoms with E-state index in [2.05, 4.69) is 15.5 Å². The molecule has 1 heterocycles. The summed E-state index contributed by atoms with van der Waals surface area (Å²) in [6, 6.07) is 16.9. The molecule has 3 N–H and O–H groups in total. The van der Waals surface area contributed by atoms with Crippen LogP contribution in [-0.2, 0) is 4.79 Å². The second kappa shape index (κ2) is 9.36. The molecular weight excluding hydrogens is 386 g/mol. The minimum Gasteiger partial charge on any atom is -0.480 e. The van der Waals surface area contributed by atoms with Crippen molar-refractivity contribution in [3.05, 3.63) is 54.6 Å². The Morgan fingerprint density at radius 3 is 2.48 bits per heavy atom. The molecule has 1 aromatic heterocycles. The van der Waals surface area contributed by atoms with Crippen molar-refractivity contribution in [1.82, 2.24) is 10.2 Å². The van der Waals surface area contributed by atoms with E-state index in [0.29, 0.717) is 15.2 Å². The standard InChI is InChI=1S/C18H17N3O4S2/c22-11-10-15(16(23)24)26-18-21-20-17(27-18)19-12-6-8-14(9-7-12)25-13-4-2-1-3-5-13/h1-9,15,22H,10-11H2,(H,19,20)(H,23,24)/t15-/m0/s1. The molecule has 0 spiro atoms. The largest absolute Gasteiger partial charge is 0.480 e. The number of nitrogens with one attached hydrogen (secondary N) is 1. The van der Waals surface area contributed by atoms with E-state index in [4.69, 9.17) is 14.9 Å². The van der Waals surface area contributed by atoms with E-state index in [1.54, 1.807) is 0 Å². The average Bonchev–Trinajstić information content (AvgIpc) is 3.11. The molecule has 0 amide bonds. The van der Waals surface area contributed by atoms with Crippen LogP contribution in [0.4, 0.5) is 10.8 Å². The third kappa shape index (κ3) is 5.68. The Bertz CT molecular complexity index is 872. The van der Waals surface area contributed by atoms with Gasteiger partial charge in [-0.3, -0.25) is 4.79 Å². The predicted octanol–water partition coefficient (Wildman–Crippen LogP) is 4.00. The molecule has 0 aliphatic heterocycles. The van der Waals surface area contributed by atoms with E-state index in [-0.39, 0.29) is 13.0 Å². The van der Waals surface area contributed by atoms with Gasteiger partial charge in [-0.15, -0.1) is 10.2 Å². The van der Waals surface area contributed by atoms with Gasteiger partial charge in [-0.1, -0.05) is 41.3 Å². The summed E-state index contributed by atoms with van der Waals surface area (Å²) < 4.78 is 6.27. The average molecular weight is 403 g/mol. The molecule has 2 aromatic carbocycles. The van der Waals surface area contributed by atoms with E-state index in [9.17, 15) is 4.79 Å². The molecule has 0 fully saturated rings. The highest BCUT2D eigenvalue weighted by molar-refractivity contribution is 8.02. The molecule has 3 rings (SSSR count). The predicted molar refractivity (Wildman–Crippen MR) is 105 cm³/mol. The van der Waals surface area contributed by atoms with Gasteiger partial charge < -0.3 is 20.3 Å². The summed E-state index contributed by atoms with van der Waals surface area (Å²) in [4.78, 5) is 11.2. The van der Waals surface area contributed by atoms with Gasteiger partial charge in [0.2, 0.25) is 5.13 Å². The van der Waals surface area contributed by atoms with Crippen LogP contribution in [0, 0.1) is 0 Å². The van der Waals surface area contributed by atoms with Gasteiger partial charge >= 0.3 is 5.97 Å². The molecule has 0 saturated heterocycles. The smallest absolute Gasteiger partial charge is 0.317 e. The number of aliphatic hydroxyl groups is 1. The Kier molecular flexibility index (Phi) is 6.64. The lowest BCUT2D eigenvalue weighted by molar-refractivity contribution is -0.136. The van der Waals surface area contributed by atoms with Crippen molar-refractivity contribution in [3.63, 3.8) is 0 Å². The molecule has 27 heavy (non-hydrogen) atoms. The number of hydrogen-bond donors (Lipinski definition) is 3. The second-order valence-electron chi connectivity index (χ2n) is 5.39. The van der Waals surface area contributed by atoms with Gasteiger partial charge in [0.1, 0.15) is 16.7 Å². The SMILES string of the molecule is O=C(O)[C@H](CCO)Sc1nnc(Nc2ccc(Oc3ccccc3)cc2)s1. The minimum absolute atomic E-state index is 0.158. The van der Waals surface area contributed by atoms with Crippen LogP contribution in [0.15, 0.2) is 58.9 Å². The number of ether oxygens (including phenoxy) is 1. The zero-order valence-electron chi connectivity index (χ0n) is 14.1. The van der Waals surface area contributed by atoms with Crippen molar-refractivity contribution >= 4 is 39.9 Å².